The number of likely N-dealkylation sites (tertiary alicyclic amines) is 1. The first-order valence-electron chi connectivity index (χ1n) is 10.6. The lowest BCUT2D eigenvalue weighted by Crippen LogP contribution is -2.35. The Morgan fingerprint density at radius 1 is 1.19 bits per heavy atom. The number of halogens is 1. The molecule has 1 amide bonds. The van der Waals surface area contributed by atoms with E-state index >= 15 is 0 Å². The van der Waals surface area contributed by atoms with Gasteiger partial charge in [0.15, 0.2) is 0 Å². The minimum absolute atomic E-state index is 0.102. The molecule has 2 unspecified atom stereocenters. The average molecular weight is 417 g/mol. The number of hydrogen-bond donors (Lipinski definition) is 1. The van der Waals surface area contributed by atoms with Crippen molar-refractivity contribution < 1.29 is 9.18 Å². The summed E-state index contributed by atoms with van der Waals surface area (Å²) >= 11 is 0. The number of hydrogen-bond acceptors (Lipinski definition) is 3. The summed E-state index contributed by atoms with van der Waals surface area (Å²) in [7, 11) is 0. The van der Waals surface area contributed by atoms with Crippen LogP contribution in [0.2, 0.25) is 0 Å². The van der Waals surface area contributed by atoms with Crippen molar-refractivity contribution in [1.82, 2.24) is 24.6 Å². The molecule has 1 aliphatic heterocycles. The molecular formula is C24H24FN5O. The van der Waals surface area contributed by atoms with E-state index in [1.807, 2.05) is 23.2 Å². The van der Waals surface area contributed by atoms with E-state index in [-0.39, 0.29) is 17.8 Å². The zero-order valence-corrected chi connectivity index (χ0v) is 17.3. The van der Waals surface area contributed by atoms with Gasteiger partial charge in [-0.05, 0) is 55.2 Å². The van der Waals surface area contributed by atoms with Crippen LogP contribution in [0.5, 0.6) is 0 Å². The number of nitrogens with one attached hydrogen (secondary N) is 1. The molecule has 4 aromatic rings. The second-order valence-corrected chi connectivity index (χ2v) is 8.36. The van der Waals surface area contributed by atoms with Crippen molar-refractivity contribution in [2.45, 2.75) is 32.4 Å². The number of rotatable bonds is 5. The van der Waals surface area contributed by atoms with E-state index in [1.54, 1.807) is 18.3 Å². The maximum atomic E-state index is 13.1. The zero-order valence-electron chi connectivity index (χ0n) is 17.3. The average Bonchev–Trinajstić information content (AvgIpc) is 3.50. The molecule has 1 aromatic carbocycles. The van der Waals surface area contributed by atoms with Crippen LogP contribution in [-0.4, -0.2) is 43.1 Å². The van der Waals surface area contributed by atoms with E-state index in [0.717, 1.165) is 47.4 Å². The van der Waals surface area contributed by atoms with Gasteiger partial charge in [-0.2, -0.15) is 5.10 Å². The van der Waals surface area contributed by atoms with E-state index in [1.165, 1.54) is 12.1 Å². The number of carbonyl (C=O) groups is 1. The molecule has 7 heteroatoms. The Labute approximate surface area is 179 Å². The van der Waals surface area contributed by atoms with Gasteiger partial charge in [0.25, 0.3) is 0 Å². The summed E-state index contributed by atoms with van der Waals surface area (Å²) in [5, 5.41) is 6.81. The molecule has 4 heterocycles. The van der Waals surface area contributed by atoms with Crippen LogP contribution in [0.15, 0.2) is 61.1 Å². The molecule has 0 saturated carbocycles. The fourth-order valence-electron chi connectivity index (χ4n) is 4.56. The van der Waals surface area contributed by atoms with Crippen molar-refractivity contribution in [1.29, 1.82) is 0 Å². The zero-order chi connectivity index (χ0) is 21.4. The fraction of sp³-hybridized carbons (Fsp3) is 0.292. The van der Waals surface area contributed by atoms with Crippen molar-refractivity contribution >= 4 is 16.9 Å². The van der Waals surface area contributed by atoms with Gasteiger partial charge < -0.3 is 9.47 Å². The molecule has 1 aliphatic rings. The number of amides is 1. The molecule has 158 valence electrons. The molecule has 0 spiro atoms. The van der Waals surface area contributed by atoms with Crippen LogP contribution in [0.4, 0.5) is 4.39 Å². The maximum absolute atomic E-state index is 13.1. The van der Waals surface area contributed by atoms with Gasteiger partial charge >= 0.3 is 0 Å². The Kier molecular flexibility index (Phi) is 5.02. The summed E-state index contributed by atoms with van der Waals surface area (Å²) in [5.74, 6) is 0.206. The van der Waals surface area contributed by atoms with E-state index < -0.39 is 0 Å². The minimum atomic E-state index is -0.281. The Hall–Kier alpha value is -3.48. The van der Waals surface area contributed by atoms with Crippen LogP contribution in [-0.2, 0) is 17.8 Å². The van der Waals surface area contributed by atoms with Crippen molar-refractivity contribution in [3.05, 3.63) is 72.4 Å². The van der Waals surface area contributed by atoms with Crippen molar-refractivity contribution in [2.75, 3.05) is 6.54 Å². The van der Waals surface area contributed by atoms with Gasteiger partial charge in [0.1, 0.15) is 5.82 Å². The lowest BCUT2D eigenvalue weighted by molar-refractivity contribution is -0.131. The van der Waals surface area contributed by atoms with Gasteiger partial charge in [0.2, 0.25) is 5.91 Å². The molecule has 3 aromatic heterocycles. The Bertz CT molecular complexity index is 1200. The molecule has 6 nitrogen and oxygen atoms in total. The SMILES string of the molecule is CC1CC(Cn2ccc3nc(-c4cn[nH]c4)ccc32)CN1C(=O)Cc1ccc(F)cc1. The van der Waals surface area contributed by atoms with Crippen LogP contribution in [0.3, 0.4) is 0 Å². The molecule has 2 atom stereocenters. The summed E-state index contributed by atoms with van der Waals surface area (Å²) in [4.78, 5) is 19.5. The van der Waals surface area contributed by atoms with Gasteiger partial charge in [-0.15, -0.1) is 0 Å². The molecule has 1 fully saturated rings. The molecule has 1 N–H and O–H groups in total. The van der Waals surface area contributed by atoms with Gasteiger partial charge in [-0.25, -0.2) is 9.37 Å². The molecule has 1 saturated heterocycles. The summed E-state index contributed by atoms with van der Waals surface area (Å²) in [5.41, 5.74) is 4.75. The third-order valence-electron chi connectivity index (χ3n) is 6.12. The largest absolute Gasteiger partial charge is 0.346 e. The third-order valence-corrected chi connectivity index (χ3v) is 6.12. The number of H-pyrrole nitrogens is 1. The summed E-state index contributed by atoms with van der Waals surface area (Å²) in [6, 6.07) is 12.5. The van der Waals surface area contributed by atoms with Crippen molar-refractivity contribution in [3.63, 3.8) is 0 Å². The van der Waals surface area contributed by atoms with E-state index in [0.29, 0.717) is 12.3 Å². The summed E-state index contributed by atoms with van der Waals surface area (Å²) < 4.78 is 15.3. The molecule has 31 heavy (non-hydrogen) atoms. The fourth-order valence-corrected chi connectivity index (χ4v) is 4.56. The number of aromatic amines is 1. The summed E-state index contributed by atoms with van der Waals surface area (Å²) in [6.45, 7) is 3.69. The van der Waals surface area contributed by atoms with Crippen LogP contribution >= 0.6 is 0 Å². The highest BCUT2D eigenvalue weighted by atomic mass is 19.1. The number of nitrogens with zero attached hydrogens (tertiary/aromatic N) is 4. The first-order valence-corrected chi connectivity index (χ1v) is 10.6. The lowest BCUT2D eigenvalue weighted by atomic mass is 10.1. The molecule has 0 aliphatic carbocycles. The predicted molar refractivity (Wildman–Crippen MR) is 117 cm³/mol. The minimum Gasteiger partial charge on any atom is -0.346 e. The Balaban J connectivity index is 1.27. The third kappa shape index (κ3) is 3.95. The smallest absolute Gasteiger partial charge is 0.227 e. The van der Waals surface area contributed by atoms with E-state index in [9.17, 15) is 9.18 Å². The van der Waals surface area contributed by atoms with Gasteiger partial charge in [0.05, 0.1) is 29.3 Å². The topological polar surface area (TPSA) is 66.8 Å². The molecule has 0 radical (unpaired) electrons. The molecular weight excluding hydrogens is 393 g/mol. The Morgan fingerprint density at radius 2 is 2.03 bits per heavy atom. The first-order chi connectivity index (χ1) is 15.1. The van der Waals surface area contributed by atoms with Crippen molar-refractivity contribution in [3.8, 4) is 11.3 Å². The first kappa shape index (κ1) is 19.5. The highest BCUT2D eigenvalue weighted by Crippen LogP contribution is 2.28. The number of fused-ring (bicyclic) bond motifs is 1. The molecule has 0 bridgehead atoms. The quantitative estimate of drug-likeness (QED) is 0.533. The number of aromatic nitrogens is 4. The monoisotopic (exact) mass is 417 g/mol. The van der Waals surface area contributed by atoms with Gasteiger partial charge in [-0.1, -0.05) is 12.1 Å². The van der Waals surface area contributed by atoms with Crippen LogP contribution < -0.4 is 0 Å². The predicted octanol–water partition coefficient (Wildman–Crippen LogP) is 4.05. The van der Waals surface area contributed by atoms with Crippen LogP contribution in [0.25, 0.3) is 22.3 Å². The van der Waals surface area contributed by atoms with E-state index in [2.05, 4.69) is 34.0 Å². The standard InChI is InChI=1S/C24H24FN5O/c1-16-10-18(15-30(16)24(31)11-17-2-4-20(25)5-3-17)14-29-9-8-22-23(29)7-6-21(28-22)19-12-26-27-13-19/h2-9,12-13,16,18H,10-11,14-15H2,1H3,(H,26,27). The normalized spacial score (nSPS) is 18.7. The summed E-state index contributed by atoms with van der Waals surface area (Å²) in [6.07, 6.45) is 6.95. The second kappa shape index (κ2) is 7.98. The number of pyridine rings is 1. The van der Waals surface area contributed by atoms with Gasteiger partial charge in [0, 0.05) is 37.1 Å². The van der Waals surface area contributed by atoms with Crippen LogP contribution in [0.1, 0.15) is 18.9 Å². The van der Waals surface area contributed by atoms with Crippen molar-refractivity contribution in [2.24, 2.45) is 5.92 Å². The number of carbonyl (C=O) groups excluding carboxylic acids is 1. The van der Waals surface area contributed by atoms with Crippen LogP contribution in [0, 0.1) is 11.7 Å². The maximum Gasteiger partial charge on any atom is 0.227 e. The highest BCUT2D eigenvalue weighted by molar-refractivity contribution is 5.80. The second-order valence-electron chi connectivity index (χ2n) is 8.36. The van der Waals surface area contributed by atoms with Gasteiger partial charge in [-0.3, -0.25) is 9.89 Å². The van der Waals surface area contributed by atoms with E-state index in [4.69, 9.17) is 4.98 Å². The number of benzene rings is 1. The highest BCUT2D eigenvalue weighted by Gasteiger charge is 2.32. The molecule has 5 rings (SSSR count). The Morgan fingerprint density at radius 3 is 2.81 bits per heavy atom. The lowest BCUT2D eigenvalue weighted by Gasteiger charge is -2.21.